The Bertz CT molecular complexity index is 3840. The number of benzene rings is 8. The van der Waals surface area contributed by atoms with Gasteiger partial charge in [0, 0.05) is 72.5 Å². The Morgan fingerprint density at radius 2 is 1.19 bits per heavy atom. The minimum Gasteiger partial charge on any atom is -0.456 e. The van der Waals surface area contributed by atoms with Crippen LogP contribution in [-0.4, -0.2) is 6.85 Å². The van der Waals surface area contributed by atoms with Crippen LogP contribution in [0, 0.1) is 0 Å². The highest BCUT2D eigenvalue weighted by molar-refractivity contribution is 6.94. The first-order valence-electron chi connectivity index (χ1n) is 24.7. The molecule has 0 radical (unpaired) electrons. The van der Waals surface area contributed by atoms with Crippen LogP contribution in [0.15, 0.2) is 154 Å². The molecule has 0 saturated carbocycles. The first-order chi connectivity index (χ1) is 32.6. The first-order valence-corrected chi connectivity index (χ1v) is 24.7. The Hall–Kier alpha value is -6.98. The molecule has 5 heteroatoms. The molecule has 10 aromatic rings. The Morgan fingerprint density at radius 3 is 1.99 bits per heavy atom. The van der Waals surface area contributed by atoms with Gasteiger partial charge in [0.25, 0.3) is 0 Å². The minimum atomic E-state index is -0.242. The molecule has 0 amide bonds. The van der Waals surface area contributed by atoms with Crippen LogP contribution in [0.25, 0.3) is 66.1 Å². The summed E-state index contributed by atoms with van der Waals surface area (Å²) in [5.41, 5.74) is 23.5. The molecule has 0 unspecified atom stereocenters. The lowest BCUT2D eigenvalue weighted by Crippen LogP contribution is -2.63. The maximum atomic E-state index is 7.19. The molecule has 4 aliphatic rings. The molecule has 1 aliphatic carbocycles. The quantitative estimate of drug-likeness (QED) is 0.162. The molecular weight excluding hydrogens is 828 g/mol. The number of nitrogens with zero attached hydrogens (tertiary/aromatic N) is 2. The molecule has 5 heterocycles. The number of rotatable bonds is 2. The van der Waals surface area contributed by atoms with E-state index in [-0.39, 0.29) is 28.5 Å². The number of hydrogen-bond acceptors (Lipinski definition) is 4. The van der Waals surface area contributed by atoms with Crippen LogP contribution >= 0.6 is 0 Å². The lowest BCUT2D eigenvalue weighted by Gasteiger charge is -2.51. The Kier molecular flexibility index (Phi) is 7.77. The molecule has 2 aromatic heterocycles. The van der Waals surface area contributed by atoms with Crippen molar-refractivity contribution >= 4 is 90.1 Å². The van der Waals surface area contributed by atoms with Crippen LogP contribution in [0.5, 0.6) is 0 Å². The Labute approximate surface area is 399 Å². The fraction of sp³-hybridized carbons (Fsp3) is 0.238. The predicted octanol–water partition coefficient (Wildman–Crippen LogP) is 16.1. The third-order valence-corrected chi connectivity index (χ3v) is 16.8. The zero-order chi connectivity index (χ0) is 46.4. The van der Waals surface area contributed by atoms with Crippen LogP contribution in [-0.2, 0) is 21.7 Å². The molecule has 0 atom stereocenters. The highest BCUT2D eigenvalue weighted by Crippen LogP contribution is 2.58. The maximum Gasteiger partial charge on any atom is 0.333 e. The molecular formula is C63H55BN2O2. The standard InChI is InChI=1S/C63H55BN2O2/c1-60(2,3)37-26-27-49(40(30-37)36-18-11-10-12-19-36)65-51-35-55-42(41-31-46-47(34-54(41)67-55)62(6,7)29-28-61(46,4)5)32-48(51)64-57-52(65)33-43-38-20-13-16-25-53(38)68-59(43)56(57)39-21-17-23-45-58(39)66(64)50-24-15-14-22-44(50)63(45,8)9/h10-27,30-35H,28-29H2,1-9H3. The van der Waals surface area contributed by atoms with Gasteiger partial charge in [-0.05, 0) is 116 Å². The topological polar surface area (TPSA) is 32.8 Å². The second-order valence-electron chi connectivity index (χ2n) is 23.1. The van der Waals surface area contributed by atoms with Crippen LogP contribution in [0.2, 0.25) is 0 Å². The van der Waals surface area contributed by atoms with Crippen molar-refractivity contribution in [2.45, 2.75) is 96.8 Å². The maximum absolute atomic E-state index is 7.19. The Balaban J connectivity index is 1.17. The molecule has 8 aromatic carbocycles. The van der Waals surface area contributed by atoms with E-state index in [0.29, 0.717) is 0 Å². The van der Waals surface area contributed by atoms with E-state index in [9.17, 15) is 0 Å². The van der Waals surface area contributed by atoms with Crippen molar-refractivity contribution in [3.05, 3.63) is 173 Å². The molecule has 332 valence electrons. The summed E-state index contributed by atoms with van der Waals surface area (Å²) in [4.78, 5) is 5.28. The van der Waals surface area contributed by atoms with Gasteiger partial charge in [-0.2, -0.15) is 0 Å². The zero-order valence-corrected chi connectivity index (χ0v) is 40.6. The summed E-state index contributed by atoms with van der Waals surface area (Å²) < 4.78 is 14.3. The van der Waals surface area contributed by atoms with E-state index in [0.717, 1.165) is 68.4 Å². The third kappa shape index (κ3) is 5.22. The van der Waals surface area contributed by atoms with Crippen molar-refractivity contribution in [2.24, 2.45) is 0 Å². The first kappa shape index (κ1) is 40.1. The van der Waals surface area contributed by atoms with Gasteiger partial charge in [-0.1, -0.05) is 159 Å². The fourth-order valence-corrected chi connectivity index (χ4v) is 13.0. The molecule has 0 bridgehead atoms. The summed E-state index contributed by atoms with van der Waals surface area (Å²) in [7, 11) is 0. The highest BCUT2D eigenvalue weighted by Gasteiger charge is 2.51. The highest BCUT2D eigenvalue weighted by atomic mass is 16.3. The van der Waals surface area contributed by atoms with E-state index in [1.165, 1.54) is 77.8 Å². The van der Waals surface area contributed by atoms with Gasteiger partial charge in [0.15, 0.2) is 0 Å². The summed E-state index contributed by atoms with van der Waals surface area (Å²) in [6.07, 6.45) is 2.30. The SMILES string of the molecule is CC(C)(C)c1ccc(N2c3cc4oc5cc6c(cc5c4cc3B3c4c2cc2c(oc5ccccc52)c4-c2cccc4c2N3c2ccccc2C4(C)C)C(C)(C)CCC6(C)C)c(-c2ccccc2)c1. The van der Waals surface area contributed by atoms with E-state index in [2.05, 4.69) is 218 Å². The smallest absolute Gasteiger partial charge is 0.333 e. The normalized spacial score (nSPS) is 17.0. The van der Waals surface area contributed by atoms with E-state index in [1.54, 1.807) is 0 Å². The number of fused-ring (bicyclic) bond motifs is 14. The summed E-state index contributed by atoms with van der Waals surface area (Å²) in [6, 6.07) is 55.1. The van der Waals surface area contributed by atoms with Gasteiger partial charge >= 0.3 is 6.85 Å². The van der Waals surface area contributed by atoms with E-state index >= 15 is 0 Å². The van der Waals surface area contributed by atoms with Crippen molar-refractivity contribution in [1.29, 1.82) is 0 Å². The van der Waals surface area contributed by atoms with Crippen LogP contribution in [0.3, 0.4) is 0 Å². The molecule has 4 nitrogen and oxygen atoms in total. The van der Waals surface area contributed by atoms with Crippen molar-refractivity contribution in [2.75, 3.05) is 9.71 Å². The second kappa shape index (κ2) is 13.2. The molecule has 68 heavy (non-hydrogen) atoms. The summed E-state index contributed by atoms with van der Waals surface area (Å²) in [5.74, 6) is 0. The van der Waals surface area contributed by atoms with Gasteiger partial charge in [0.05, 0.1) is 5.69 Å². The molecule has 3 aliphatic heterocycles. The van der Waals surface area contributed by atoms with Gasteiger partial charge in [-0.3, -0.25) is 0 Å². The lowest BCUT2D eigenvalue weighted by molar-refractivity contribution is 0.332. The van der Waals surface area contributed by atoms with Crippen molar-refractivity contribution < 1.29 is 8.83 Å². The van der Waals surface area contributed by atoms with Gasteiger partial charge in [0.1, 0.15) is 22.3 Å². The second-order valence-corrected chi connectivity index (χ2v) is 23.1. The van der Waals surface area contributed by atoms with Crippen molar-refractivity contribution in [3.8, 4) is 22.3 Å². The fourth-order valence-electron chi connectivity index (χ4n) is 13.0. The van der Waals surface area contributed by atoms with Gasteiger partial charge in [-0.25, -0.2) is 0 Å². The third-order valence-electron chi connectivity index (χ3n) is 16.8. The Morgan fingerprint density at radius 1 is 0.500 bits per heavy atom. The van der Waals surface area contributed by atoms with Crippen LogP contribution in [0.1, 0.15) is 103 Å². The molecule has 0 saturated heterocycles. The average molecular weight is 883 g/mol. The largest absolute Gasteiger partial charge is 0.456 e. The number of furan rings is 2. The molecule has 14 rings (SSSR count). The minimum absolute atomic E-state index is 0.0552. The lowest BCUT2D eigenvalue weighted by atomic mass is 9.42. The average Bonchev–Trinajstić information content (AvgIpc) is 3.88. The summed E-state index contributed by atoms with van der Waals surface area (Å²) in [5, 5.41) is 4.59. The molecule has 0 N–H and O–H groups in total. The van der Waals surface area contributed by atoms with Crippen LogP contribution < -0.4 is 20.6 Å². The predicted molar refractivity (Wildman–Crippen MR) is 286 cm³/mol. The van der Waals surface area contributed by atoms with E-state index < -0.39 is 0 Å². The number of hydrogen-bond donors (Lipinski definition) is 0. The van der Waals surface area contributed by atoms with Gasteiger partial charge in [-0.15, -0.1) is 0 Å². The molecule has 0 fully saturated rings. The monoisotopic (exact) mass is 882 g/mol. The van der Waals surface area contributed by atoms with Crippen molar-refractivity contribution in [1.82, 2.24) is 0 Å². The van der Waals surface area contributed by atoms with Crippen molar-refractivity contribution in [3.63, 3.8) is 0 Å². The number of para-hydroxylation sites is 3. The van der Waals surface area contributed by atoms with E-state index in [4.69, 9.17) is 8.83 Å². The van der Waals surface area contributed by atoms with Crippen LogP contribution in [0.4, 0.5) is 28.4 Å². The van der Waals surface area contributed by atoms with E-state index in [1.807, 2.05) is 0 Å². The summed E-state index contributed by atoms with van der Waals surface area (Å²) in [6.45, 7) is 21.2. The number of anilines is 5. The van der Waals surface area contributed by atoms with Gasteiger partial charge in [0.2, 0.25) is 0 Å². The summed E-state index contributed by atoms with van der Waals surface area (Å²) >= 11 is 0. The zero-order valence-electron chi connectivity index (χ0n) is 40.6. The van der Waals surface area contributed by atoms with Gasteiger partial charge < -0.3 is 18.5 Å². The molecule has 0 spiro atoms.